The molecule has 0 radical (unpaired) electrons. The second-order valence-corrected chi connectivity index (χ2v) is 29.0. The molecule has 1 aliphatic heterocycles. The maximum atomic E-state index is 2.70. The van der Waals surface area contributed by atoms with E-state index in [0.29, 0.717) is 8.45 Å². The molecule has 4 aromatic carbocycles. The summed E-state index contributed by atoms with van der Waals surface area (Å²) < 4.78 is 4.23. The fourth-order valence-electron chi connectivity index (χ4n) is 9.99. The Bertz CT molecular complexity index is 1970. The van der Waals surface area contributed by atoms with Crippen molar-refractivity contribution in [2.24, 2.45) is 0 Å². The molecule has 3 aliphatic rings. The topological polar surface area (TPSA) is 0 Å². The van der Waals surface area contributed by atoms with Gasteiger partial charge in [0.1, 0.15) is 0 Å². The molecule has 4 aromatic rings. The molecule has 0 aromatic heterocycles. The van der Waals surface area contributed by atoms with Crippen LogP contribution in [0, 0.1) is 0 Å². The molecule has 3 heteroatoms. The van der Waals surface area contributed by atoms with E-state index in [4.69, 9.17) is 0 Å². The average molecular weight is 838 g/mol. The predicted molar refractivity (Wildman–Crippen MR) is 239 cm³/mol. The monoisotopic (exact) mass is 836 g/mol. The molecule has 2 aliphatic carbocycles. The Kier molecular flexibility index (Phi) is 13.0. The zero-order valence-corrected chi connectivity index (χ0v) is 40.8. The Balaban J connectivity index is 0.00000310. The van der Waals surface area contributed by atoms with E-state index in [-0.39, 0.29) is 46.5 Å². The first-order valence-corrected chi connectivity index (χ1v) is 25.7. The van der Waals surface area contributed by atoms with Gasteiger partial charge in [0, 0.05) is 0 Å². The summed E-state index contributed by atoms with van der Waals surface area (Å²) in [7, 11) is 0. The number of benzene rings is 4. The van der Waals surface area contributed by atoms with E-state index in [1.54, 1.807) is 22.3 Å². The van der Waals surface area contributed by atoms with Crippen molar-refractivity contribution in [2.75, 3.05) is 0 Å². The summed E-state index contributed by atoms with van der Waals surface area (Å²) >= 11 is -2.56. The standard InChI is InChI=1S/2C26H33.C2H4.2ClH.Ti/c2*1-8-10-18-13-19-11-9-12-23(24(19)14-18)20-15-21(25(2,3)4)17-22(16-20)26(5,6)7;1-2;;;/h2*9,11-17H,8,10H2,1-7H3;1-2H2;2*1H;/q;;;;;+2/p-2. The number of allylic oxidation sites excluding steroid dienone is 2. The van der Waals surface area contributed by atoms with Crippen molar-refractivity contribution in [3.63, 3.8) is 0 Å². The van der Waals surface area contributed by atoms with Gasteiger partial charge in [0.2, 0.25) is 0 Å². The second kappa shape index (κ2) is 16.3. The van der Waals surface area contributed by atoms with Gasteiger partial charge in [-0.2, -0.15) is 0 Å². The van der Waals surface area contributed by atoms with Crippen LogP contribution in [0.2, 0.25) is 9.45 Å². The number of hydrogen-bond donors (Lipinski definition) is 0. The molecule has 0 amide bonds. The molecule has 0 spiro atoms. The van der Waals surface area contributed by atoms with E-state index in [9.17, 15) is 0 Å². The van der Waals surface area contributed by atoms with E-state index >= 15 is 0 Å². The van der Waals surface area contributed by atoms with E-state index in [0.717, 1.165) is 0 Å². The van der Waals surface area contributed by atoms with Crippen LogP contribution in [0.4, 0.5) is 0 Å². The van der Waals surface area contributed by atoms with Crippen LogP contribution in [0.1, 0.15) is 176 Å². The first-order valence-electron chi connectivity index (χ1n) is 21.7. The molecule has 0 N–H and O–H groups in total. The van der Waals surface area contributed by atoms with Crippen LogP contribution in [0.15, 0.2) is 83.9 Å². The van der Waals surface area contributed by atoms with Crippen molar-refractivity contribution in [3.05, 3.63) is 128 Å². The van der Waals surface area contributed by atoms with Crippen LogP contribution >= 0.6 is 0 Å². The van der Waals surface area contributed by atoms with Crippen LogP contribution < -0.4 is 24.8 Å². The smallest absolute Gasteiger partial charge is 1.00 e. The molecule has 2 unspecified atom stereocenters. The van der Waals surface area contributed by atoms with Crippen molar-refractivity contribution in [2.45, 2.75) is 162 Å². The van der Waals surface area contributed by atoms with Gasteiger partial charge in [0.05, 0.1) is 0 Å². The average Bonchev–Trinajstić information content (AvgIpc) is 3.65. The first-order chi connectivity index (χ1) is 25.7. The van der Waals surface area contributed by atoms with Crippen molar-refractivity contribution >= 4 is 12.2 Å². The third kappa shape index (κ3) is 8.65. The number of halogens is 2. The Hall–Kier alpha value is -2.35. The molecule has 0 saturated carbocycles. The molecule has 1 fully saturated rings. The van der Waals surface area contributed by atoms with Gasteiger partial charge in [-0.05, 0) is 0 Å². The van der Waals surface area contributed by atoms with Gasteiger partial charge >= 0.3 is 342 Å². The summed E-state index contributed by atoms with van der Waals surface area (Å²) in [6.07, 6.45) is 10.2. The molecular formula is C54H70Cl2Ti. The van der Waals surface area contributed by atoms with E-state index in [1.807, 2.05) is 0 Å². The van der Waals surface area contributed by atoms with Crippen LogP contribution in [0.25, 0.3) is 34.4 Å². The Morgan fingerprint density at radius 1 is 0.474 bits per heavy atom. The van der Waals surface area contributed by atoms with Crippen LogP contribution in [-0.2, 0) is 38.2 Å². The van der Waals surface area contributed by atoms with Crippen LogP contribution in [-0.4, -0.2) is 0 Å². The van der Waals surface area contributed by atoms with Gasteiger partial charge in [0.25, 0.3) is 0 Å². The molecule has 57 heavy (non-hydrogen) atoms. The molecular weight excluding hydrogens is 767 g/mol. The summed E-state index contributed by atoms with van der Waals surface area (Å²) in [4.78, 5) is 0. The zero-order valence-electron chi connectivity index (χ0n) is 37.7. The second-order valence-electron chi connectivity index (χ2n) is 21.8. The quantitative estimate of drug-likeness (QED) is 0.155. The van der Waals surface area contributed by atoms with Gasteiger partial charge in [-0.1, -0.05) is 0 Å². The third-order valence-electron chi connectivity index (χ3n) is 13.3. The molecule has 304 valence electrons. The fraction of sp³-hybridized carbons (Fsp3) is 0.481. The van der Waals surface area contributed by atoms with Crippen molar-refractivity contribution in [1.82, 2.24) is 0 Å². The molecule has 2 atom stereocenters. The minimum atomic E-state index is -2.56. The number of rotatable bonds is 8. The van der Waals surface area contributed by atoms with Crippen LogP contribution in [0.5, 0.6) is 0 Å². The molecule has 7 rings (SSSR count). The molecule has 0 nitrogen and oxygen atoms in total. The Morgan fingerprint density at radius 3 is 1.05 bits per heavy atom. The van der Waals surface area contributed by atoms with E-state index in [1.165, 1.54) is 90.8 Å². The SMILES string of the molecule is CCCC1=Cc2c(-c3cc(C(C)(C)C)cc(C(C)(C)C)c3)cccc2[CH]1[Ti+2]1([CH]2C(CCC)=Cc3c(-c4cc(C(C)(C)C)cc(C(C)(C)C)c4)cccc32)[CH2][CH2]1.[Cl-].[Cl-]. The number of fused-ring (bicyclic) bond motifs is 2. The van der Waals surface area contributed by atoms with Gasteiger partial charge in [0.15, 0.2) is 0 Å². The molecule has 1 saturated heterocycles. The van der Waals surface area contributed by atoms with Crippen molar-refractivity contribution in [3.8, 4) is 22.3 Å². The van der Waals surface area contributed by atoms with E-state index < -0.39 is 16.6 Å². The maximum Gasteiger partial charge on any atom is -1.00 e. The normalized spacial score (nSPS) is 18.0. The van der Waals surface area contributed by atoms with Crippen LogP contribution in [0.3, 0.4) is 0 Å². The number of hydrogen-bond acceptors (Lipinski definition) is 0. The van der Waals surface area contributed by atoms with Gasteiger partial charge < -0.3 is 24.8 Å². The van der Waals surface area contributed by atoms with Gasteiger partial charge in [-0.3, -0.25) is 0 Å². The predicted octanol–water partition coefficient (Wildman–Crippen LogP) is 10.4. The van der Waals surface area contributed by atoms with Crippen molar-refractivity contribution in [1.29, 1.82) is 0 Å². The Labute approximate surface area is 364 Å². The van der Waals surface area contributed by atoms with E-state index in [2.05, 4.69) is 182 Å². The fourth-order valence-corrected chi connectivity index (χ4v) is 20.4. The van der Waals surface area contributed by atoms with Crippen molar-refractivity contribution < 1.29 is 41.4 Å². The summed E-state index contributed by atoms with van der Waals surface area (Å²) in [5.74, 6) is 0. The van der Waals surface area contributed by atoms with Gasteiger partial charge in [-0.25, -0.2) is 0 Å². The summed E-state index contributed by atoms with van der Waals surface area (Å²) in [6, 6.07) is 29.8. The molecule has 1 heterocycles. The largest absolute Gasteiger partial charge is 1.00 e. The minimum Gasteiger partial charge on any atom is -1.00 e. The maximum absolute atomic E-state index is 2.70. The molecule has 0 bridgehead atoms. The zero-order chi connectivity index (χ0) is 39.9. The third-order valence-corrected chi connectivity index (χ3v) is 21.6. The summed E-state index contributed by atoms with van der Waals surface area (Å²) in [5, 5.41) is 0. The minimum absolute atomic E-state index is 0. The summed E-state index contributed by atoms with van der Waals surface area (Å²) in [6.45, 7) is 33.2. The Morgan fingerprint density at radius 2 is 0.789 bits per heavy atom. The first kappa shape index (κ1) is 45.7. The summed E-state index contributed by atoms with van der Waals surface area (Å²) in [5.41, 5.74) is 21.6. The van der Waals surface area contributed by atoms with Gasteiger partial charge in [-0.15, -0.1) is 0 Å².